The van der Waals surface area contributed by atoms with Crippen LogP contribution >= 0.6 is 0 Å². The van der Waals surface area contributed by atoms with Gasteiger partial charge in [-0.05, 0) is 22.8 Å². The molecule has 102 valence electrons. The minimum absolute atomic E-state index is 0.00440. The number of nitrogens with one attached hydrogen (secondary N) is 1. The number of halogens is 3. The zero-order valence-electron chi connectivity index (χ0n) is 10.3. The summed E-state index contributed by atoms with van der Waals surface area (Å²) in [6.07, 6.45) is -2.91. The molecule has 0 radical (unpaired) electrons. The topological polar surface area (TPSA) is 21.3 Å². The average molecular weight is 269 g/mol. The van der Waals surface area contributed by atoms with E-state index >= 15 is 0 Å². The van der Waals surface area contributed by atoms with E-state index in [1.165, 1.54) is 6.08 Å². The molecule has 2 heterocycles. The molecule has 0 saturated carbocycles. The molecule has 0 aromatic heterocycles. The van der Waals surface area contributed by atoms with Gasteiger partial charge in [-0.1, -0.05) is 18.7 Å². The highest BCUT2D eigenvalue weighted by molar-refractivity contribution is 5.55. The van der Waals surface area contributed by atoms with Gasteiger partial charge in [-0.25, -0.2) is 0 Å². The van der Waals surface area contributed by atoms with Crippen LogP contribution in [0, 0.1) is 0 Å². The van der Waals surface area contributed by atoms with E-state index < -0.39 is 11.7 Å². The number of alkyl halides is 3. The maximum absolute atomic E-state index is 13.1. The fraction of sp³-hybridized carbons (Fsp3) is 0.429. The van der Waals surface area contributed by atoms with E-state index in [0.29, 0.717) is 18.7 Å². The molecule has 2 aliphatic rings. The van der Waals surface area contributed by atoms with Gasteiger partial charge in [0.2, 0.25) is 0 Å². The average Bonchev–Trinajstić information content (AvgIpc) is 2.84. The van der Waals surface area contributed by atoms with Crippen molar-refractivity contribution in [2.45, 2.75) is 24.8 Å². The number of hydrogen-bond donors (Lipinski definition) is 1. The molecule has 0 amide bonds. The third kappa shape index (κ3) is 2.07. The number of benzene rings is 1. The van der Waals surface area contributed by atoms with E-state index in [-0.39, 0.29) is 24.2 Å². The van der Waals surface area contributed by atoms with Gasteiger partial charge in [0.05, 0.1) is 18.3 Å². The van der Waals surface area contributed by atoms with Crippen molar-refractivity contribution < 1.29 is 17.9 Å². The molecule has 1 N–H and O–H groups in total. The SMILES string of the molecule is C=Cc1cc2c(c(C(F)(F)F)c1)CO[C@@H]1CNC[C@H]21. The molecule has 0 unspecified atom stereocenters. The fourth-order valence-corrected chi connectivity index (χ4v) is 2.91. The van der Waals surface area contributed by atoms with Crippen molar-refractivity contribution in [3.63, 3.8) is 0 Å². The Hall–Kier alpha value is -1.33. The molecule has 1 fully saturated rings. The lowest BCUT2D eigenvalue weighted by Crippen LogP contribution is -2.29. The number of fused-ring (bicyclic) bond motifs is 3. The van der Waals surface area contributed by atoms with E-state index in [0.717, 1.165) is 11.6 Å². The van der Waals surface area contributed by atoms with Gasteiger partial charge in [0, 0.05) is 19.0 Å². The lowest BCUT2D eigenvalue weighted by molar-refractivity contribution is -0.139. The molecule has 2 nitrogen and oxygen atoms in total. The third-order valence-corrected chi connectivity index (χ3v) is 3.85. The number of hydrogen-bond acceptors (Lipinski definition) is 2. The van der Waals surface area contributed by atoms with Crippen molar-refractivity contribution in [3.8, 4) is 0 Å². The first-order valence-corrected chi connectivity index (χ1v) is 6.19. The second kappa shape index (κ2) is 4.35. The third-order valence-electron chi connectivity index (χ3n) is 3.85. The largest absolute Gasteiger partial charge is 0.416 e. The lowest BCUT2D eigenvalue weighted by atomic mass is 9.85. The van der Waals surface area contributed by atoms with Crippen LogP contribution in [0.15, 0.2) is 18.7 Å². The first-order chi connectivity index (χ1) is 9.00. The van der Waals surface area contributed by atoms with Gasteiger partial charge < -0.3 is 10.1 Å². The van der Waals surface area contributed by atoms with Gasteiger partial charge in [0.25, 0.3) is 0 Å². The Morgan fingerprint density at radius 1 is 1.32 bits per heavy atom. The monoisotopic (exact) mass is 269 g/mol. The second-order valence-electron chi connectivity index (χ2n) is 4.95. The molecule has 1 aromatic rings. The Morgan fingerprint density at radius 2 is 2.11 bits per heavy atom. The second-order valence-corrected chi connectivity index (χ2v) is 4.95. The maximum atomic E-state index is 13.1. The van der Waals surface area contributed by atoms with Gasteiger partial charge >= 0.3 is 6.18 Å². The summed E-state index contributed by atoms with van der Waals surface area (Å²) in [5.41, 5.74) is 0.956. The minimum atomic E-state index is -4.36. The van der Waals surface area contributed by atoms with Crippen LogP contribution in [-0.4, -0.2) is 19.2 Å². The molecule has 1 aromatic carbocycles. The summed E-state index contributed by atoms with van der Waals surface area (Å²) in [5, 5.41) is 3.17. The molecule has 2 atom stereocenters. The molecule has 5 heteroatoms. The van der Waals surface area contributed by atoms with E-state index in [9.17, 15) is 13.2 Å². The first-order valence-electron chi connectivity index (χ1n) is 6.19. The highest BCUT2D eigenvalue weighted by atomic mass is 19.4. The van der Waals surface area contributed by atoms with Gasteiger partial charge in [0.1, 0.15) is 0 Å². The molecule has 0 spiro atoms. The van der Waals surface area contributed by atoms with Crippen LogP contribution < -0.4 is 5.32 Å². The summed E-state index contributed by atoms with van der Waals surface area (Å²) in [7, 11) is 0. The van der Waals surface area contributed by atoms with E-state index in [4.69, 9.17) is 4.74 Å². The summed E-state index contributed by atoms with van der Waals surface area (Å²) < 4.78 is 44.9. The van der Waals surface area contributed by atoms with Crippen molar-refractivity contribution in [1.29, 1.82) is 0 Å². The predicted molar refractivity (Wildman–Crippen MR) is 65.7 cm³/mol. The highest BCUT2D eigenvalue weighted by Crippen LogP contribution is 2.41. The first kappa shape index (κ1) is 12.7. The van der Waals surface area contributed by atoms with E-state index in [1.807, 2.05) is 6.07 Å². The highest BCUT2D eigenvalue weighted by Gasteiger charge is 2.41. The standard InChI is InChI=1S/C14H14F3NO/c1-2-8-3-9-10-5-18-6-13(10)19-7-11(9)12(4-8)14(15,16)17/h2-4,10,13,18H,1,5-7H2/t10-,13-/m1/s1. The zero-order valence-corrected chi connectivity index (χ0v) is 10.3. The molecular formula is C14H14F3NO. The molecule has 3 rings (SSSR count). The Labute approximate surface area is 109 Å². The number of ether oxygens (including phenoxy) is 1. The van der Waals surface area contributed by atoms with Crippen LogP contribution in [0.2, 0.25) is 0 Å². The van der Waals surface area contributed by atoms with Crippen LogP contribution in [0.3, 0.4) is 0 Å². The summed E-state index contributed by atoms with van der Waals surface area (Å²) in [6, 6.07) is 2.96. The van der Waals surface area contributed by atoms with Crippen LogP contribution in [0.25, 0.3) is 6.08 Å². The van der Waals surface area contributed by atoms with Crippen LogP contribution in [-0.2, 0) is 17.5 Å². The molecular weight excluding hydrogens is 255 g/mol. The number of rotatable bonds is 1. The minimum Gasteiger partial charge on any atom is -0.372 e. The molecule has 2 aliphatic heterocycles. The van der Waals surface area contributed by atoms with Crippen molar-refractivity contribution in [2.24, 2.45) is 0 Å². The van der Waals surface area contributed by atoms with Crippen molar-refractivity contribution >= 4 is 6.08 Å². The van der Waals surface area contributed by atoms with Crippen LogP contribution in [0.5, 0.6) is 0 Å². The van der Waals surface area contributed by atoms with Crippen molar-refractivity contribution in [3.05, 3.63) is 41.0 Å². The Morgan fingerprint density at radius 3 is 2.79 bits per heavy atom. The zero-order chi connectivity index (χ0) is 13.6. The van der Waals surface area contributed by atoms with Gasteiger partial charge in [-0.15, -0.1) is 0 Å². The van der Waals surface area contributed by atoms with Gasteiger partial charge in [-0.2, -0.15) is 13.2 Å². The summed E-state index contributed by atoms with van der Waals surface area (Å²) >= 11 is 0. The summed E-state index contributed by atoms with van der Waals surface area (Å²) in [6.45, 7) is 4.97. The fourth-order valence-electron chi connectivity index (χ4n) is 2.91. The molecule has 0 aliphatic carbocycles. The van der Waals surface area contributed by atoms with Crippen LogP contribution in [0.4, 0.5) is 13.2 Å². The molecule has 19 heavy (non-hydrogen) atoms. The summed E-state index contributed by atoms with van der Waals surface area (Å²) in [5.74, 6) is 0.00440. The normalized spacial score (nSPS) is 25.8. The lowest BCUT2D eigenvalue weighted by Gasteiger charge is -2.30. The molecule has 0 bridgehead atoms. The Bertz CT molecular complexity index is 524. The Balaban J connectivity index is 2.18. The van der Waals surface area contributed by atoms with Gasteiger partial charge in [-0.3, -0.25) is 0 Å². The smallest absolute Gasteiger partial charge is 0.372 e. The quantitative estimate of drug-likeness (QED) is 0.846. The predicted octanol–water partition coefficient (Wildman–Crippen LogP) is 2.93. The van der Waals surface area contributed by atoms with Gasteiger partial charge in [0.15, 0.2) is 0 Å². The van der Waals surface area contributed by atoms with Crippen molar-refractivity contribution in [2.75, 3.05) is 13.1 Å². The Kier molecular flexibility index (Phi) is 2.91. The van der Waals surface area contributed by atoms with E-state index in [1.54, 1.807) is 0 Å². The maximum Gasteiger partial charge on any atom is 0.416 e. The van der Waals surface area contributed by atoms with E-state index in [2.05, 4.69) is 11.9 Å². The molecule has 1 saturated heterocycles. The summed E-state index contributed by atoms with van der Waals surface area (Å²) in [4.78, 5) is 0. The van der Waals surface area contributed by atoms with Crippen LogP contribution in [0.1, 0.15) is 28.2 Å². The van der Waals surface area contributed by atoms with Crippen molar-refractivity contribution in [1.82, 2.24) is 5.32 Å².